The third-order valence-corrected chi connectivity index (χ3v) is 4.25. The van der Waals surface area contributed by atoms with Gasteiger partial charge in [-0.25, -0.2) is 4.84 Å². The first-order valence-electron chi connectivity index (χ1n) is 7.61. The van der Waals surface area contributed by atoms with E-state index in [4.69, 9.17) is 38.8 Å². The van der Waals surface area contributed by atoms with Crippen molar-refractivity contribution in [2.45, 2.75) is 50.8 Å². The number of nitrogens with two attached hydrogens (primary N) is 1. The van der Waals surface area contributed by atoms with E-state index in [9.17, 15) is 15.0 Å². The minimum atomic E-state index is -1.63. The van der Waals surface area contributed by atoms with Gasteiger partial charge in [-0.3, -0.25) is 4.79 Å². The van der Waals surface area contributed by atoms with Crippen molar-refractivity contribution in [2.75, 3.05) is 6.61 Å². The maximum absolute atomic E-state index is 12.3. The van der Waals surface area contributed by atoms with Crippen LogP contribution >= 0.6 is 23.6 Å². The summed E-state index contributed by atoms with van der Waals surface area (Å²) in [6, 6.07) is -0.775. The molecular formula is C14H24Cl2N4O5. The van der Waals surface area contributed by atoms with Crippen molar-refractivity contribution in [3.05, 3.63) is 12.3 Å². The first-order chi connectivity index (χ1) is 11.7. The molecule has 1 saturated heterocycles. The number of carbonyl (C=O) groups is 1. The Morgan fingerprint density at radius 1 is 1.56 bits per heavy atom. The molecule has 0 aromatic heterocycles. The van der Waals surface area contributed by atoms with Crippen molar-refractivity contribution < 1.29 is 24.5 Å². The van der Waals surface area contributed by atoms with Crippen LogP contribution in [-0.2, 0) is 14.3 Å². The molecule has 5 atom stereocenters. The highest BCUT2D eigenvalue weighted by atomic mass is 35.5. The number of aliphatic hydroxyl groups is 2. The Hall–Kier alpha value is -1.10. The number of ether oxygens (including phenoxy) is 2. The summed E-state index contributed by atoms with van der Waals surface area (Å²) < 4.78 is 14.1. The highest BCUT2D eigenvalue weighted by molar-refractivity contribution is 6.21. The molecule has 11 heteroatoms. The fourth-order valence-corrected chi connectivity index (χ4v) is 2.74. The van der Waals surface area contributed by atoms with E-state index < -0.39 is 42.7 Å². The maximum atomic E-state index is 12.3. The largest absolute Gasteiger partial charge is 0.455 e. The second kappa shape index (κ2) is 9.56. The molecule has 6 N–H and O–H groups in total. The Kier molecular flexibility index (Phi) is 8.39. The minimum Gasteiger partial charge on any atom is -0.455 e. The molecule has 1 fully saturated rings. The lowest BCUT2D eigenvalue weighted by molar-refractivity contribution is -0.166. The second-order valence-electron chi connectivity index (χ2n) is 6.16. The second-order valence-corrected chi connectivity index (χ2v) is 6.55. The van der Waals surface area contributed by atoms with Crippen molar-refractivity contribution in [1.82, 2.24) is 10.2 Å². The van der Waals surface area contributed by atoms with Crippen molar-refractivity contribution in [3.63, 3.8) is 0 Å². The summed E-state index contributed by atoms with van der Waals surface area (Å²) >= 11 is 10.8. The van der Waals surface area contributed by atoms with E-state index in [0.29, 0.717) is 0 Å². The van der Waals surface area contributed by atoms with Gasteiger partial charge in [0.05, 0.1) is 6.61 Å². The third-order valence-electron chi connectivity index (χ3n) is 3.82. The molecule has 0 aromatic rings. The van der Waals surface area contributed by atoms with Gasteiger partial charge in [-0.2, -0.15) is 4.51 Å². The number of aliphatic hydroxyl groups excluding tert-OH is 1. The molecule has 0 radical (unpaired) electrons. The van der Waals surface area contributed by atoms with E-state index >= 15 is 0 Å². The Morgan fingerprint density at radius 2 is 2.20 bits per heavy atom. The highest BCUT2D eigenvalue weighted by Crippen LogP contribution is 2.32. The Morgan fingerprint density at radius 3 is 2.68 bits per heavy atom. The van der Waals surface area contributed by atoms with Crippen LogP contribution in [0.3, 0.4) is 0 Å². The fraction of sp³-hybridized carbons (Fsp3) is 0.714. The van der Waals surface area contributed by atoms with Crippen molar-refractivity contribution >= 4 is 35.4 Å². The van der Waals surface area contributed by atoms with Crippen LogP contribution in [-0.4, -0.2) is 58.7 Å². The van der Waals surface area contributed by atoms with Gasteiger partial charge in [0.25, 0.3) is 0 Å². The number of rotatable bonds is 8. The number of hydrogen-bond donors (Lipinski definition) is 5. The first kappa shape index (κ1) is 21.9. The molecule has 0 spiro atoms. The van der Waals surface area contributed by atoms with Gasteiger partial charge in [-0.1, -0.05) is 13.8 Å². The Bertz CT molecular complexity index is 515. The van der Waals surface area contributed by atoms with Crippen LogP contribution in [0.2, 0.25) is 0 Å². The summed E-state index contributed by atoms with van der Waals surface area (Å²) in [5.74, 6) is -0.756. The quantitative estimate of drug-likeness (QED) is 0.163. The van der Waals surface area contributed by atoms with E-state index in [2.05, 4.69) is 14.7 Å². The molecule has 0 bridgehead atoms. The van der Waals surface area contributed by atoms with E-state index in [1.165, 1.54) is 19.2 Å². The Labute approximate surface area is 156 Å². The van der Waals surface area contributed by atoms with Crippen molar-refractivity contribution in [1.29, 1.82) is 0 Å². The normalized spacial score (nSPS) is 31.5. The van der Waals surface area contributed by atoms with Gasteiger partial charge in [-0.15, -0.1) is 0 Å². The molecule has 1 aliphatic rings. The number of carbonyl (C=O) groups excluding carboxylic acids is 1. The maximum Gasteiger partial charge on any atom is 0.325 e. The minimum absolute atomic E-state index is 0.0430. The monoisotopic (exact) mass is 398 g/mol. The molecule has 1 heterocycles. The summed E-state index contributed by atoms with van der Waals surface area (Å²) in [7, 11) is 0. The summed E-state index contributed by atoms with van der Waals surface area (Å²) in [5, 5.41) is 23.0. The zero-order valence-electron chi connectivity index (χ0n) is 14.1. The molecule has 9 nitrogen and oxygen atoms in total. The smallest absolute Gasteiger partial charge is 0.325 e. The average Bonchev–Trinajstić information content (AvgIpc) is 2.78. The van der Waals surface area contributed by atoms with Gasteiger partial charge in [0.2, 0.25) is 0 Å². The Balaban J connectivity index is 2.88. The van der Waals surface area contributed by atoms with Gasteiger partial charge < -0.3 is 30.7 Å². The number of halogens is 2. The van der Waals surface area contributed by atoms with Gasteiger partial charge >= 0.3 is 5.97 Å². The van der Waals surface area contributed by atoms with Crippen LogP contribution < -0.4 is 15.9 Å². The summed E-state index contributed by atoms with van der Waals surface area (Å²) in [6.07, 6.45) is -0.279. The molecule has 0 amide bonds. The lowest BCUT2D eigenvalue weighted by Gasteiger charge is -2.30. The topological polar surface area (TPSA) is 138 Å². The summed E-state index contributed by atoms with van der Waals surface area (Å²) in [6.45, 7) is 4.53. The van der Waals surface area contributed by atoms with Crippen LogP contribution in [0.25, 0.3) is 0 Å². The van der Waals surface area contributed by atoms with Crippen LogP contribution in [0.15, 0.2) is 16.8 Å². The first-order valence-corrected chi connectivity index (χ1v) is 8.33. The fourth-order valence-electron chi connectivity index (χ4n) is 2.34. The molecule has 0 saturated carbocycles. The SMILES string of the molecule is CC(C)C(NCl)C(=O)OC1[C@@H](CO)O[C@@H](N/C=C\C(N)=NCl)C1(C)O. The molecule has 25 heavy (non-hydrogen) atoms. The number of nitrogens with zero attached hydrogens (tertiary/aromatic N) is 1. The van der Waals surface area contributed by atoms with Crippen molar-refractivity contribution in [3.8, 4) is 0 Å². The van der Waals surface area contributed by atoms with E-state index in [-0.39, 0.29) is 11.8 Å². The van der Waals surface area contributed by atoms with Crippen LogP contribution in [0, 0.1) is 5.92 Å². The summed E-state index contributed by atoms with van der Waals surface area (Å²) in [5.41, 5.74) is 3.78. The molecule has 1 aliphatic heterocycles. The summed E-state index contributed by atoms with van der Waals surface area (Å²) in [4.78, 5) is 14.6. The molecule has 0 aliphatic carbocycles. The predicted octanol–water partition coefficient (Wildman–Crippen LogP) is -0.251. The third kappa shape index (κ3) is 5.44. The molecule has 0 aromatic carbocycles. The van der Waals surface area contributed by atoms with E-state index in [1.807, 2.05) is 0 Å². The molecular weight excluding hydrogens is 375 g/mol. The predicted molar refractivity (Wildman–Crippen MR) is 93.6 cm³/mol. The average molecular weight is 399 g/mol. The van der Waals surface area contributed by atoms with Crippen LogP contribution in [0.4, 0.5) is 0 Å². The van der Waals surface area contributed by atoms with E-state index in [0.717, 1.165) is 0 Å². The van der Waals surface area contributed by atoms with Gasteiger partial charge in [-0.05, 0) is 30.7 Å². The highest BCUT2D eigenvalue weighted by Gasteiger charge is 2.55. The zero-order valence-corrected chi connectivity index (χ0v) is 15.7. The van der Waals surface area contributed by atoms with Gasteiger partial charge in [0, 0.05) is 18.0 Å². The lowest BCUT2D eigenvalue weighted by atomic mass is 9.96. The van der Waals surface area contributed by atoms with Gasteiger partial charge in [0.1, 0.15) is 23.6 Å². The van der Waals surface area contributed by atoms with Crippen LogP contribution in [0.1, 0.15) is 20.8 Å². The molecule has 3 unspecified atom stereocenters. The molecule has 144 valence electrons. The zero-order chi connectivity index (χ0) is 19.2. The number of nitrogens with one attached hydrogen (secondary N) is 2. The number of amidine groups is 1. The molecule has 1 rings (SSSR count). The lowest BCUT2D eigenvalue weighted by Crippen LogP contribution is -2.53. The number of hydrogen-bond acceptors (Lipinski definition) is 8. The van der Waals surface area contributed by atoms with Crippen molar-refractivity contribution in [2.24, 2.45) is 16.2 Å². The van der Waals surface area contributed by atoms with Crippen LogP contribution in [0.5, 0.6) is 0 Å². The van der Waals surface area contributed by atoms with Gasteiger partial charge in [0.15, 0.2) is 12.3 Å². The van der Waals surface area contributed by atoms with E-state index in [1.54, 1.807) is 13.8 Å². The standard InChI is InChI=1S/C14H24Cl2N4O5/c1-7(2)10(20-16)12(22)25-11-8(6-21)24-13(14(11,3)23)18-5-4-9(17)19-15/h4-5,7-8,10-11,13,18,20-21,23H,6H2,1-3H3,(H2,17,19)/b5-4-/t8-,10?,11?,13-,14?/m1/s1. The number of esters is 1.